The first kappa shape index (κ1) is 85.1. The van der Waals surface area contributed by atoms with Gasteiger partial charge in [0.2, 0.25) is 0 Å². The number of para-hydroxylation sites is 8. The number of anilines is 6. The van der Waals surface area contributed by atoms with Crippen LogP contribution in [0.4, 0.5) is 34.1 Å². The number of hydrogen-bond acceptors (Lipinski definition) is 4. The van der Waals surface area contributed by atoms with E-state index in [-0.39, 0.29) is 0 Å². The van der Waals surface area contributed by atoms with Crippen LogP contribution < -0.4 is 9.80 Å². The van der Waals surface area contributed by atoms with Gasteiger partial charge in [0.15, 0.2) is 11.2 Å². The topological polar surface area (TPSA) is 42.6 Å². The Labute approximate surface area is 853 Å². The lowest BCUT2D eigenvalue weighted by molar-refractivity contribution is 0.669. The molecule has 0 bridgehead atoms. The molecule has 4 aromatic heterocycles. The summed E-state index contributed by atoms with van der Waals surface area (Å²) in [6, 6.07) is 197. The Kier molecular flexibility index (Phi) is 20.2. The minimum atomic E-state index is 0.858. The molecule has 0 saturated carbocycles. The van der Waals surface area contributed by atoms with Crippen LogP contribution in [-0.2, 0) is 0 Å². The second-order valence-electron chi connectivity index (χ2n) is 38.6. The Morgan fingerprint density at radius 2 is 0.432 bits per heavy atom. The SMILES string of the molecule is c1ccc(-c2c3ccccc3c(-c3ccc(-c4ccc5c(c4)c4ccccc4n5-c4ccccc4)cc3)c3ccccc23)cc1.c1ccc(-c2c3ccccc3c(-c3ccc(-n4c5ccccc5c5ccccc54)cc3)c3ccccc23)cc1.c1ccc(N(c2ccc3ccc4c(N(c5ccccc5)c5cccc6c5oc5ccc7ccccc7c56)ccc5ccc2c3c54)c2cccc3c2oc2ccc4ccccc4c23)cc1. The summed E-state index contributed by atoms with van der Waals surface area (Å²) in [4.78, 5) is 4.75. The monoisotopic (exact) mass is 1880 g/mol. The van der Waals surface area contributed by atoms with E-state index < -0.39 is 0 Å². The molecule has 0 aliphatic carbocycles. The number of hydrogen-bond donors (Lipinski definition) is 0. The molecule has 31 aromatic rings. The van der Waals surface area contributed by atoms with Gasteiger partial charge >= 0.3 is 0 Å². The second-order valence-corrected chi connectivity index (χ2v) is 38.6. The molecule has 0 aliphatic rings. The van der Waals surface area contributed by atoms with Gasteiger partial charge in [-0.2, -0.15) is 0 Å². The molecule has 31 rings (SSSR count). The van der Waals surface area contributed by atoms with Crippen LogP contribution in [0.3, 0.4) is 0 Å². The number of benzene rings is 27. The van der Waals surface area contributed by atoms with Gasteiger partial charge in [0, 0.05) is 76.6 Å². The average Bonchev–Trinajstić information content (AvgIpc) is 1.09. The van der Waals surface area contributed by atoms with Crippen molar-refractivity contribution in [3.8, 4) is 67.0 Å². The molecule has 690 valence electrons. The summed E-state index contributed by atoms with van der Waals surface area (Å²) in [6.45, 7) is 0. The normalized spacial score (nSPS) is 11.8. The van der Waals surface area contributed by atoms with Crippen molar-refractivity contribution in [2.75, 3.05) is 9.80 Å². The molecule has 0 amide bonds. The summed E-state index contributed by atoms with van der Waals surface area (Å²) in [5.41, 5.74) is 29.5. The van der Waals surface area contributed by atoms with Crippen molar-refractivity contribution in [2.24, 2.45) is 0 Å². The maximum atomic E-state index is 6.88. The minimum absolute atomic E-state index is 0.858. The van der Waals surface area contributed by atoms with E-state index >= 15 is 0 Å². The van der Waals surface area contributed by atoms with Crippen LogP contribution in [0.1, 0.15) is 0 Å². The molecule has 6 heteroatoms. The zero-order chi connectivity index (χ0) is 97.4. The largest absolute Gasteiger partial charge is 0.454 e. The third kappa shape index (κ3) is 13.9. The number of aromatic nitrogens is 2. The maximum Gasteiger partial charge on any atom is 0.159 e. The van der Waals surface area contributed by atoms with E-state index in [0.717, 1.165) is 88.8 Å². The first-order valence-corrected chi connectivity index (χ1v) is 50.8. The Balaban J connectivity index is 0.000000109. The van der Waals surface area contributed by atoms with Crippen LogP contribution in [0.2, 0.25) is 0 Å². The fraction of sp³-hybridized carbons (Fsp3) is 0. The summed E-state index contributed by atoms with van der Waals surface area (Å²) in [5, 5.41) is 31.7. The maximum absolute atomic E-state index is 6.88. The zero-order valence-electron chi connectivity index (χ0n) is 80.6. The van der Waals surface area contributed by atoms with Crippen LogP contribution >= 0.6 is 0 Å². The molecule has 4 heterocycles. The summed E-state index contributed by atoms with van der Waals surface area (Å²) >= 11 is 0. The van der Waals surface area contributed by atoms with Crippen LogP contribution in [0.25, 0.3) is 251 Å². The molecule has 0 atom stereocenters. The summed E-state index contributed by atoms with van der Waals surface area (Å²) in [7, 11) is 0. The number of fused-ring (bicyclic) bond motifs is 20. The van der Waals surface area contributed by atoms with Crippen molar-refractivity contribution in [2.45, 2.75) is 0 Å². The van der Waals surface area contributed by atoms with E-state index in [2.05, 4.69) is 565 Å². The molecule has 148 heavy (non-hydrogen) atoms. The van der Waals surface area contributed by atoms with E-state index in [9.17, 15) is 0 Å². The van der Waals surface area contributed by atoms with E-state index in [4.69, 9.17) is 8.83 Å². The lowest BCUT2D eigenvalue weighted by Crippen LogP contribution is -2.11. The van der Waals surface area contributed by atoms with Gasteiger partial charge < -0.3 is 27.8 Å². The molecular weight excluding hydrogens is 1790 g/mol. The quantitative estimate of drug-likeness (QED) is 0.0852. The van der Waals surface area contributed by atoms with Crippen LogP contribution in [0, 0.1) is 0 Å². The standard InChI is InChI=1S/C60H36N2O2.C44H29N.C38H25N/c1-3-15-41(16-4-1)61(51-23-11-21-47-57-43-19-9-7-13-37(43)29-35-53(57)63-59(47)51)49-33-27-39-26-32-46-50(34-28-40-25-31-45(49)55(39)56(40)46)62(42-17-5-2-6-18-42)52-24-12-22-48-58-44-20-10-8-14-38(44)30-36-54(58)64-60(48)52;1-3-13-31(14-4-1)43-36-18-7-9-20-38(36)44(39-21-10-8-19-37(39)43)32-25-23-30(24-26-32)33-27-28-42-40(29-33)35-17-11-12-22-41(35)45(42)34-15-5-2-6-16-34;1-2-12-26(13-3-1)37-31-16-4-6-18-33(31)38(34-19-7-5-17-32(34)37)27-22-24-28(25-23-27)39-35-20-10-8-14-29(35)30-15-9-11-21-36(30)39/h1-36H;1-29H;1-25H. The van der Waals surface area contributed by atoms with E-state index in [1.807, 2.05) is 0 Å². The molecule has 0 fully saturated rings. The van der Waals surface area contributed by atoms with Gasteiger partial charge in [0.1, 0.15) is 11.2 Å². The fourth-order valence-electron chi connectivity index (χ4n) is 24.1. The van der Waals surface area contributed by atoms with Crippen molar-refractivity contribution in [1.82, 2.24) is 9.13 Å². The average molecular weight is 1880 g/mol. The fourth-order valence-corrected chi connectivity index (χ4v) is 24.1. The van der Waals surface area contributed by atoms with Crippen molar-refractivity contribution >= 4 is 219 Å². The van der Waals surface area contributed by atoms with Crippen molar-refractivity contribution in [1.29, 1.82) is 0 Å². The van der Waals surface area contributed by atoms with Crippen LogP contribution in [0.15, 0.2) is 555 Å². The van der Waals surface area contributed by atoms with Gasteiger partial charge in [-0.3, -0.25) is 0 Å². The Hall–Kier alpha value is -19.7. The van der Waals surface area contributed by atoms with Gasteiger partial charge in [-0.05, 0) is 257 Å². The molecule has 27 aromatic carbocycles. The highest BCUT2D eigenvalue weighted by molar-refractivity contribution is 6.31. The molecule has 6 nitrogen and oxygen atoms in total. The Bertz CT molecular complexity index is 10200. The van der Waals surface area contributed by atoms with Gasteiger partial charge in [-0.1, -0.05) is 431 Å². The minimum Gasteiger partial charge on any atom is -0.454 e. The highest BCUT2D eigenvalue weighted by Gasteiger charge is 2.29. The smallest absolute Gasteiger partial charge is 0.159 e. The molecule has 0 spiro atoms. The predicted molar refractivity (Wildman–Crippen MR) is 628 cm³/mol. The van der Waals surface area contributed by atoms with E-state index in [1.165, 1.54) is 197 Å². The molecule has 0 N–H and O–H groups in total. The summed E-state index contributed by atoms with van der Waals surface area (Å²) < 4.78 is 18.5. The molecular formula is C142H90N4O2. The third-order valence-corrected chi connectivity index (χ3v) is 30.5. The summed E-state index contributed by atoms with van der Waals surface area (Å²) in [6.07, 6.45) is 0. The second kappa shape index (κ2) is 35.2. The van der Waals surface area contributed by atoms with E-state index in [1.54, 1.807) is 0 Å². The number of furan rings is 2. The number of rotatable bonds is 13. The highest BCUT2D eigenvalue weighted by atomic mass is 16.3. The van der Waals surface area contributed by atoms with Crippen molar-refractivity contribution in [3.63, 3.8) is 0 Å². The molecule has 0 radical (unpaired) electrons. The van der Waals surface area contributed by atoms with Gasteiger partial charge in [-0.25, -0.2) is 0 Å². The number of nitrogens with zero attached hydrogens (tertiary/aromatic N) is 4. The van der Waals surface area contributed by atoms with Gasteiger partial charge in [-0.15, -0.1) is 0 Å². The molecule has 0 aliphatic heterocycles. The van der Waals surface area contributed by atoms with Crippen LogP contribution in [0.5, 0.6) is 0 Å². The molecule has 0 saturated heterocycles. The van der Waals surface area contributed by atoms with E-state index in [0.29, 0.717) is 0 Å². The Morgan fingerprint density at radius 3 is 0.831 bits per heavy atom. The first-order chi connectivity index (χ1) is 73.5. The zero-order valence-corrected chi connectivity index (χ0v) is 80.6. The first-order valence-electron chi connectivity index (χ1n) is 50.8. The molecule has 0 unspecified atom stereocenters. The predicted octanol–water partition coefficient (Wildman–Crippen LogP) is 40.1. The highest BCUT2D eigenvalue weighted by Crippen LogP contribution is 2.54. The lowest BCUT2D eigenvalue weighted by Gasteiger charge is -2.29. The van der Waals surface area contributed by atoms with Gasteiger partial charge in [0.25, 0.3) is 0 Å². The third-order valence-electron chi connectivity index (χ3n) is 30.5. The lowest BCUT2D eigenvalue weighted by atomic mass is 9.86. The van der Waals surface area contributed by atoms with Crippen molar-refractivity contribution in [3.05, 3.63) is 546 Å². The Morgan fingerprint density at radius 1 is 0.149 bits per heavy atom. The van der Waals surface area contributed by atoms with Crippen molar-refractivity contribution < 1.29 is 8.83 Å². The van der Waals surface area contributed by atoms with Gasteiger partial charge in [0.05, 0.1) is 44.8 Å². The van der Waals surface area contributed by atoms with Crippen LogP contribution in [-0.4, -0.2) is 9.13 Å². The summed E-state index contributed by atoms with van der Waals surface area (Å²) in [5.74, 6) is 0.